The summed E-state index contributed by atoms with van der Waals surface area (Å²) in [5.74, 6) is 0.357. The Bertz CT molecular complexity index is 343. The van der Waals surface area contributed by atoms with Crippen LogP contribution in [0.1, 0.15) is 26.3 Å². The molecule has 0 aromatic carbocycles. The number of nitrogens with zero attached hydrogens (tertiary/aromatic N) is 2. The van der Waals surface area contributed by atoms with Crippen molar-refractivity contribution in [2.75, 3.05) is 5.43 Å². The SMILES string of the molecule is CC(C)(C)OC(=O)Nn1cc(CCl)cn1. The molecule has 15 heavy (non-hydrogen) atoms. The highest BCUT2D eigenvalue weighted by Gasteiger charge is 2.16. The van der Waals surface area contributed by atoms with E-state index in [9.17, 15) is 4.79 Å². The maximum atomic E-state index is 11.3. The van der Waals surface area contributed by atoms with Crippen LogP contribution < -0.4 is 5.43 Å². The van der Waals surface area contributed by atoms with Crippen molar-refractivity contribution in [3.63, 3.8) is 0 Å². The minimum Gasteiger partial charge on any atom is -0.443 e. The van der Waals surface area contributed by atoms with Crippen LogP contribution in [0.2, 0.25) is 0 Å². The number of ether oxygens (including phenoxy) is 1. The van der Waals surface area contributed by atoms with Crippen LogP contribution in [0, 0.1) is 0 Å². The maximum Gasteiger partial charge on any atom is 0.428 e. The molecule has 0 aliphatic rings. The van der Waals surface area contributed by atoms with Crippen molar-refractivity contribution < 1.29 is 9.53 Å². The highest BCUT2D eigenvalue weighted by molar-refractivity contribution is 6.17. The summed E-state index contributed by atoms with van der Waals surface area (Å²) in [7, 11) is 0. The molecule has 1 N–H and O–H groups in total. The topological polar surface area (TPSA) is 56.1 Å². The summed E-state index contributed by atoms with van der Waals surface area (Å²) in [5, 5.41) is 3.88. The summed E-state index contributed by atoms with van der Waals surface area (Å²) in [5.41, 5.74) is 2.74. The standard InChI is InChI=1S/C9H14ClN3O2/c1-9(2,3)15-8(14)12-13-6-7(4-10)5-11-13/h5-6H,4H2,1-3H3,(H,12,14). The van der Waals surface area contributed by atoms with Gasteiger partial charge in [0.25, 0.3) is 0 Å². The number of aromatic nitrogens is 2. The van der Waals surface area contributed by atoms with Crippen LogP contribution in [0.4, 0.5) is 4.79 Å². The van der Waals surface area contributed by atoms with E-state index in [1.165, 1.54) is 4.79 Å². The molecule has 84 valence electrons. The van der Waals surface area contributed by atoms with Gasteiger partial charge in [-0.05, 0) is 20.8 Å². The number of nitrogens with one attached hydrogen (secondary N) is 1. The van der Waals surface area contributed by atoms with E-state index in [0.717, 1.165) is 5.56 Å². The fourth-order valence-corrected chi connectivity index (χ4v) is 1.02. The van der Waals surface area contributed by atoms with E-state index in [0.29, 0.717) is 5.88 Å². The number of hydrogen-bond acceptors (Lipinski definition) is 3. The lowest BCUT2D eigenvalue weighted by molar-refractivity contribution is 0.0609. The number of alkyl halides is 1. The lowest BCUT2D eigenvalue weighted by Gasteiger charge is -2.19. The van der Waals surface area contributed by atoms with Crippen molar-refractivity contribution in [3.05, 3.63) is 18.0 Å². The van der Waals surface area contributed by atoms with E-state index in [1.807, 2.05) is 0 Å². The van der Waals surface area contributed by atoms with E-state index < -0.39 is 11.7 Å². The highest BCUT2D eigenvalue weighted by Crippen LogP contribution is 2.07. The molecular weight excluding hydrogens is 218 g/mol. The summed E-state index contributed by atoms with van der Waals surface area (Å²) < 4.78 is 5.04. The Morgan fingerprint density at radius 1 is 1.67 bits per heavy atom. The summed E-state index contributed by atoms with van der Waals surface area (Å²) >= 11 is 5.59. The largest absolute Gasteiger partial charge is 0.443 e. The van der Waals surface area contributed by atoms with Gasteiger partial charge in [0.05, 0.1) is 18.3 Å². The second-order valence-corrected chi connectivity index (χ2v) is 4.31. The van der Waals surface area contributed by atoms with Gasteiger partial charge < -0.3 is 4.74 Å². The molecule has 5 nitrogen and oxygen atoms in total. The number of halogens is 1. The first-order valence-electron chi connectivity index (χ1n) is 4.50. The molecule has 1 aromatic heterocycles. The van der Waals surface area contributed by atoms with E-state index in [4.69, 9.17) is 16.3 Å². The number of amides is 1. The van der Waals surface area contributed by atoms with Gasteiger partial charge in [-0.3, -0.25) is 0 Å². The van der Waals surface area contributed by atoms with Gasteiger partial charge in [0.2, 0.25) is 0 Å². The number of carbonyl (C=O) groups excluding carboxylic acids is 1. The molecule has 0 radical (unpaired) electrons. The van der Waals surface area contributed by atoms with Gasteiger partial charge in [-0.2, -0.15) is 9.89 Å². The molecule has 0 bridgehead atoms. The number of carbonyl (C=O) groups is 1. The first-order chi connectivity index (χ1) is 6.90. The molecule has 0 aliphatic heterocycles. The Kier molecular flexibility index (Phi) is 3.57. The summed E-state index contributed by atoms with van der Waals surface area (Å²) in [4.78, 5) is 12.6. The smallest absolute Gasteiger partial charge is 0.428 e. The fraction of sp³-hybridized carbons (Fsp3) is 0.556. The summed E-state index contributed by atoms with van der Waals surface area (Å²) in [6.07, 6.45) is 2.65. The first kappa shape index (κ1) is 11.8. The van der Waals surface area contributed by atoms with Crippen LogP contribution in [-0.2, 0) is 10.6 Å². The number of hydrogen-bond donors (Lipinski definition) is 1. The Labute approximate surface area is 93.3 Å². The molecule has 0 fully saturated rings. The Morgan fingerprint density at radius 2 is 2.33 bits per heavy atom. The first-order valence-corrected chi connectivity index (χ1v) is 5.04. The van der Waals surface area contributed by atoms with Crippen molar-refractivity contribution in [2.24, 2.45) is 0 Å². The van der Waals surface area contributed by atoms with Crippen molar-refractivity contribution >= 4 is 17.7 Å². The van der Waals surface area contributed by atoms with E-state index in [1.54, 1.807) is 33.2 Å². The van der Waals surface area contributed by atoms with Gasteiger partial charge in [0.1, 0.15) is 5.60 Å². The molecule has 6 heteroatoms. The van der Waals surface area contributed by atoms with Gasteiger partial charge in [-0.25, -0.2) is 10.2 Å². The quantitative estimate of drug-likeness (QED) is 0.793. The molecule has 1 rings (SSSR count). The van der Waals surface area contributed by atoms with Gasteiger partial charge in [-0.1, -0.05) is 0 Å². The molecule has 0 aliphatic carbocycles. The Balaban J connectivity index is 2.51. The lowest BCUT2D eigenvalue weighted by atomic mass is 10.2. The maximum absolute atomic E-state index is 11.3. The molecule has 0 unspecified atom stereocenters. The normalized spacial score (nSPS) is 11.2. The molecule has 0 saturated heterocycles. The third-order valence-corrected chi connectivity index (χ3v) is 1.70. The Hall–Kier alpha value is -1.23. The number of rotatable bonds is 2. The zero-order valence-corrected chi connectivity index (χ0v) is 9.71. The van der Waals surface area contributed by atoms with Crippen LogP contribution in [0.5, 0.6) is 0 Å². The molecule has 1 heterocycles. The zero-order valence-electron chi connectivity index (χ0n) is 8.95. The monoisotopic (exact) mass is 231 g/mol. The molecule has 0 saturated carbocycles. The average molecular weight is 232 g/mol. The van der Waals surface area contributed by atoms with Crippen molar-refractivity contribution in [1.82, 2.24) is 9.89 Å². The highest BCUT2D eigenvalue weighted by atomic mass is 35.5. The van der Waals surface area contributed by atoms with Crippen molar-refractivity contribution in [2.45, 2.75) is 32.3 Å². The van der Waals surface area contributed by atoms with E-state index in [2.05, 4.69) is 10.5 Å². The fourth-order valence-electron chi connectivity index (χ4n) is 0.885. The van der Waals surface area contributed by atoms with Crippen LogP contribution in [0.25, 0.3) is 0 Å². The molecule has 1 amide bonds. The third-order valence-electron chi connectivity index (χ3n) is 1.40. The third kappa shape index (κ3) is 4.20. The van der Waals surface area contributed by atoms with Gasteiger partial charge in [-0.15, -0.1) is 11.6 Å². The zero-order chi connectivity index (χ0) is 11.5. The van der Waals surface area contributed by atoms with Gasteiger partial charge >= 0.3 is 6.09 Å². The predicted octanol–water partition coefficient (Wildman–Crippen LogP) is 2.10. The molecule has 1 aromatic rings. The second-order valence-electron chi connectivity index (χ2n) is 4.04. The molecular formula is C9H14ClN3O2. The van der Waals surface area contributed by atoms with Crippen LogP contribution in [0.15, 0.2) is 12.4 Å². The minimum atomic E-state index is -0.549. The van der Waals surface area contributed by atoms with Crippen LogP contribution in [0.3, 0.4) is 0 Å². The van der Waals surface area contributed by atoms with Crippen molar-refractivity contribution in [1.29, 1.82) is 0 Å². The minimum absolute atomic E-state index is 0.357. The van der Waals surface area contributed by atoms with E-state index >= 15 is 0 Å². The van der Waals surface area contributed by atoms with Gasteiger partial charge in [0.15, 0.2) is 0 Å². The van der Waals surface area contributed by atoms with Gasteiger partial charge in [0, 0.05) is 5.56 Å². The van der Waals surface area contributed by atoms with Crippen LogP contribution >= 0.6 is 11.6 Å². The summed E-state index contributed by atoms with van der Waals surface area (Å²) in [6, 6.07) is 0. The van der Waals surface area contributed by atoms with Crippen LogP contribution in [-0.4, -0.2) is 21.6 Å². The summed E-state index contributed by atoms with van der Waals surface area (Å²) in [6.45, 7) is 5.37. The second kappa shape index (κ2) is 4.53. The predicted molar refractivity (Wildman–Crippen MR) is 57.4 cm³/mol. The molecule has 0 atom stereocenters. The average Bonchev–Trinajstić information content (AvgIpc) is 2.48. The lowest BCUT2D eigenvalue weighted by Crippen LogP contribution is -2.31. The van der Waals surface area contributed by atoms with Crippen molar-refractivity contribution in [3.8, 4) is 0 Å². The Morgan fingerprint density at radius 3 is 2.80 bits per heavy atom. The van der Waals surface area contributed by atoms with E-state index in [-0.39, 0.29) is 0 Å². The molecule has 0 spiro atoms.